The Kier molecular flexibility index (Phi) is 6.94. The fourth-order valence-electron chi connectivity index (χ4n) is 3.74. The summed E-state index contributed by atoms with van der Waals surface area (Å²) in [4.78, 5) is 2.50. The van der Waals surface area contributed by atoms with E-state index in [1.54, 1.807) is 14.2 Å². The van der Waals surface area contributed by atoms with E-state index in [1.807, 2.05) is 6.07 Å². The molecular formula is C23H32N2O3. The lowest BCUT2D eigenvalue weighted by atomic mass is 9.97. The monoisotopic (exact) mass is 384 g/mol. The summed E-state index contributed by atoms with van der Waals surface area (Å²) in [5.74, 6) is 1.50. The molecule has 0 bridgehead atoms. The summed E-state index contributed by atoms with van der Waals surface area (Å²) in [6, 6.07) is 14.6. The fraction of sp³-hybridized carbons (Fsp3) is 0.478. The summed E-state index contributed by atoms with van der Waals surface area (Å²) < 4.78 is 16.6. The largest absolute Gasteiger partial charge is 0.493 e. The van der Waals surface area contributed by atoms with Gasteiger partial charge < -0.3 is 19.5 Å². The van der Waals surface area contributed by atoms with Crippen LogP contribution in [0.5, 0.6) is 11.5 Å². The molecule has 1 fully saturated rings. The third kappa shape index (κ3) is 4.85. The van der Waals surface area contributed by atoms with Crippen LogP contribution in [0.3, 0.4) is 0 Å². The van der Waals surface area contributed by atoms with Crippen molar-refractivity contribution >= 4 is 0 Å². The highest BCUT2D eigenvalue weighted by Gasteiger charge is 2.27. The Morgan fingerprint density at radius 2 is 1.64 bits per heavy atom. The van der Waals surface area contributed by atoms with E-state index in [4.69, 9.17) is 14.2 Å². The van der Waals surface area contributed by atoms with Gasteiger partial charge in [0.25, 0.3) is 0 Å². The number of rotatable bonds is 8. The first-order chi connectivity index (χ1) is 13.5. The van der Waals surface area contributed by atoms with Crippen LogP contribution in [0.2, 0.25) is 0 Å². The maximum atomic E-state index is 5.54. The number of nitrogens with zero attached hydrogens (tertiary/aromatic N) is 1. The van der Waals surface area contributed by atoms with Crippen molar-refractivity contribution < 1.29 is 14.2 Å². The normalized spacial score (nSPS) is 15.4. The van der Waals surface area contributed by atoms with Gasteiger partial charge in [0, 0.05) is 31.7 Å². The molecule has 0 radical (unpaired) electrons. The minimum Gasteiger partial charge on any atom is -0.493 e. The molecule has 1 aliphatic heterocycles. The van der Waals surface area contributed by atoms with Crippen LogP contribution in [0.15, 0.2) is 42.5 Å². The van der Waals surface area contributed by atoms with Gasteiger partial charge in [-0.25, -0.2) is 0 Å². The quantitative estimate of drug-likeness (QED) is 0.754. The van der Waals surface area contributed by atoms with Gasteiger partial charge in [0.2, 0.25) is 0 Å². The lowest BCUT2D eigenvalue weighted by Crippen LogP contribution is -2.54. The molecule has 0 aromatic heterocycles. The van der Waals surface area contributed by atoms with Gasteiger partial charge in [-0.3, -0.25) is 4.90 Å². The average Bonchev–Trinajstić information content (AvgIpc) is 2.74. The lowest BCUT2D eigenvalue weighted by molar-refractivity contribution is -0.00966. The molecule has 1 saturated heterocycles. The molecule has 5 heteroatoms. The van der Waals surface area contributed by atoms with E-state index < -0.39 is 0 Å². The molecule has 0 saturated carbocycles. The number of ether oxygens (including phenoxy) is 3. The van der Waals surface area contributed by atoms with Gasteiger partial charge in [-0.1, -0.05) is 30.3 Å². The van der Waals surface area contributed by atoms with Crippen molar-refractivity contribution in [3.63, 3.8) is 0 Å². The minimum absolute atomic E-state index is 0.0766. The highest BCUT2D eigenvalue weighted by Crippen LogP contribution is 2.35. The Hall–Kier alpha value is -2.08. The van der Waals surface area contributed by atoms with Crippen molar-refractivity contribution in [1.82, 2.24) is 10.2 Å². The molecule has 0 unspecified atom stereocenters. The van der Waals surface area contributed by atoms with E-state index in [2.05, 4.69) is 60.5 Å². The molecule has 1 aliphatic rings. The van der Waals surface area contributed by atoms with Gasteiger partial charge >= 0.3 is 0 Å². The second kappa shape index (κ2) is 9.41. The van der Waals surface area contributed by atoms with Gasteiger partial charge in [0.05, 0.1) is 27.4 Å². The van der Waals surface area contributed by atoms with Crippen LogP contribution in [0, 0.1) is 0 Å². The van der Waals surface area contributed by atoms with Crippen molar-refractivity contribution in [2.24, 2.45) is 0 Å². The molecule has 0 aliphatic carbocycles. The first kappa shape index (κ1) is 20.6. The maximum absolute atomic E-state index is 5.54. The zero-order valence-electron chi connectivity index (χ0n) is 17.5. The van der Waals surface area contributed by atoms with E-state index in [-0.39, 0.29) is 5.54 Å². The number of benzene rings is 2. The number of hydrogen-bond donors (Lipinski definition) is 1. The topological polar surface area (TPSA) is 43.0 Å². The number of hydrogen-bond acceptors (Lipinski definition) is 5. The summed E-state index contributed by atoms with van der Waals surface area (Å²) >= 11 is 0. The van der Waals surface area contributed by atoms with Crippen LogP contribution in [-0.4, -0.2) is 57.5 Å². The molecular weight excluding hydrogens is 352 g/mol. The second-order valence-corrected chi connectivity index (χ2v) is 7.75. The van der Waals surface area contributed by atoms with Gasteiger partial charge in [0.1, 0.15) is 0 Å². The summed E-state index contributed by atoms with van der Waals surface area (Å²) in [7, 11) is 3.36. The van der Waals surface area contributed by atoms with Crippen LogP contribution in [-0.2, 0) is 11.3 Å². The number of methoxy groups -OCH3 is 2. The third-order valence-electron chi connectivity index (χ3n) is 5.43. The summed E-state index contributed by atoms with van der Waals surface area (Å²) in [6.45, 7) is 9.85. The van der Waals surface area contributed by atoms with E-state index >= 15 is 0 Å². The zero-order valence-corrected chi connectivity index (χ0v) is 17.5. The fourth-order valence-corrected chi connectivity index (χ4v) is 3.74. The average molecular weight is 385 g/mol. The molecule has 2 aromatic carbocycles. The van der Waals surface area contributed by atoms with Crippen LogP contribution >= 0.6 is 0 Å². The molecule has 28 heavy (non-hydrogen) atoms. The van der Waals surface area contributed by atoms with E-state index in [1.165, 1.54) is 11.1 Å². The van der Waals surface area contributed by atoms with Crippen molar-refractivity contribution in [2.45, 2.75) is 25.9 Å². The SMILES string of the molecule is COc1cc(CNCC(C)(C)N2CCOCC2)c(-c2ccccc2)cc1OC. The van der Waals surface area contributed by atoms with E-state index in [0.717, 1.165) is 56.5 Å². The van der Waals surface area contributed by atoms with Crippen molar-refractivity contribution in [3.8, 4) is 22.6 Å². The first-order valence-corrected chi connectivity index (χ1v) is 9.89. The lowest BCUT2D eigenvalue weighted by Gasteiger charge is -2.41. The number of nitrogens with one attached hydrogen (secondary N) is 1. The minimum atomic E-state index is 0.0766. The van der Waals surface area contributed by atoms with Gasteiger partial charge in [0.15, 0.2) is 11.5 Å². The molecule has 3 rings (SSSR count). The predicted octanol–water partition coefficient (Wildman–Crippen LogP) is 3.57. The Bertz CT molecular complexity index is 756. The highest BCUT2D eigenvalue weighted by atomic mass is 16.5. The second-order valence-electron chi connectivity index (χ2n) is 7.75. The van der Waals surface area contributed by atoms with Crippen molar-refractivity contribution in [3.05, 3.63) is 48.0 Å². The molecule has 152 valence electrons. The molecule has 2 aromatic rings. The summed E-state index contributed by atoms with van der Waals surface area (Å²) in [5, 5.41) is 3.66. The van der Waals surface area contributed by atoms with Crippen LogP contribution in [0.1, 0.15) is 19.4 Å². The molecule has 1 heterocycles. The Balaban J connectivity index is 1.78. The van der Waals surface area contributed by atoms with Crippen LogP contribution < -0.4 is 14.8 Å². The van der Waals surface area contributed by atoms with E-state index in [9.17, 15) is 0 Å². The Morgan fingerprint density at radius 3 is 2.29 bits per heavy atom. The summed E-state index contributed by atoms with van der Waals surface area (Å²) in [5.41, 5.74) is 3.61. The predicted molar refractivity (Wildman–Crippen MR) is 113 cm³/mol. The Morgan fingerprint density at radius 1 is 1.00 bits per heavy atom. The molecule has 0 atom stereocenters. The van der Waals surface area contributed by atoms with E-state index in [0.29, 0.717) is 0 Å². The van der Waals surface area contributed by atoms with Crippen LogP contribution in [0.25, 0.3) is 11.1 Å². The maximum Gasteiger partial charge on any atom is 0.161 e. The zero-order chi connectivity index (χ0) is 20.0. The molecule has 1 N–H and O–H groups in total. The van der Waals surface area contributed by atoms with Gasteiger partial charge in [-0.15, -0.1) is 0 Å². The van der Waals surface area contributed by atoms with Crippen molar-refractivity contribution in [1.29, 1.82) is 0 Å². The molecule has 0 spiro atoms. The van der Waals surface area contributed by atoms with Crippen molar-refractivity contribution in [2.75, 3.05) is 47.1 Å². The van der Waals surface area contributed by atoms with Crippen LogP contribution in [0.4, 0.5) is 0 Å². The van der Waals surface area contributed by atoms with Gasteiger partial charge in [-0.2, -0.15) is 0 Å². The Labute approximate surface area is 168 Å². The molecule has 5 nitrogen and oxygen atoms in total. The summed E-state index contributed by atoms with van der Waals surface area (Å²) in [6.07, 6.45) is 0. The standard InChI is InChI=1S/C23H32N2O3/c1-23(2,25-10-12-28-13-11-25)17-24-16-19-14-21(26-3)22(27-4)15-20(19)18-8-6-5-7-9-18/h5-9,14-15,24H,10-13,16-17H2,1-4H3. The van der Waals surface area contributed by atoms with Gasteiger partial charge in [-0.05, 0) is 42.7 Å². The molecule has 0 amide bonds. The third-order valence-corrected chi connectivity index (χ3v) is 5.43. The highest BCUT2D eigenvalue weighted by molar-refractivity contribution is 5.71. The smallest absolute Gasteiger partial charge is 0.161 e. The number of morpholine rings is 1. The first-order valence-electron chi connectivity index (χ1n) is 9.89.